The molecular formula is C29H31Cl4N3O4S. The standard InChI is InChI=1S/C29H31Cl4N3O4S/c1-4-19(2)34-29(38)27(15-20-9-6-5-7-10-20)35(17-22-23(30)11-8-12-24(22)31)28(37)18-36(41(3,39)40)21-13-14-25(32)26(33)16-21/h5-14,16,19,27H,4,15,17-18H2,1-3H3,(H,34,38). The largest absolute Gasteiger partial charge is 0.352 e. The van der Waals surface area contributed by atoms with Gasteiger partial charge in [-0.2, -0.15) is 0 Å². The van der Waals surface area contributed by atoms with Crippen molar-refractivity contribution in [3.8, 4) is 0 Å². The van der Waals surface area contributed by atoms with Gasteiger partial charge in [-0.05, 0) is 49.2 Å². The normalized spacial score (nSPS) is 12.9. The monoisotopic (exact) mass is 657 g/mol. The summed E-state index contributed by atoms with van der Waals surface area (Å²) in [6.45, 7) is 3.05. The summed E-state index contributed by atoms with van der Waals surface area (Å²) in [5.41, 5.74) is 1.39. The molecule has 0 aliphatic heterocycles. The molecule has 3 aromatic carbocycles. The van der Waals surface area contributed by atoms with Gasteiger partial charge in [0.2, 0.25) is 21.8 Å². The fourth-order valence-electron chi connectivity index (χ4n) is 4.10. The van der Waals surface area contributed by atoms with Gasteiger partial charge in [0.1, 0.15) is 12.6 Å². The van der Waals surface area contributed by atoms with E-state index in [1.807, 2.05) is 44.2 Å². The highest BCUT2D eigenvalue weighted by Crippen LogP contribution is 2.30. The number of rotatable bonds is 12. The lowest BCUT2D eigenvalue weighted by Gasteiger charge is -2.34. The fourth-order valence-corrected chi connectivity index (χ4v) is 5.75. The van der Waals surface area contributed by atoms with E-state index in [1.54, 1.807) is 18.2 Å². The van der Waals surface area contributed by atoms with Crippen molar-refractivity contribution in [2.45, 2.75) is 45.3 Å². The second-order valence-corrected chi connectivity index (χ2v) is 13.1. The summed E-state index contributed by atoms with van der Waals surface area (Å²) < 4.78 is 26.7. The minimum atomic E-state index is -3.96. The van der Waals surface area contributed by atoms with Crippen molar-refractivity contribution in [1.82, 2.24) is 10.2 Å². The lowest BCUT2D eigenvalue weighted by atomic mass is 10.0. The lowest BCUT2D eigenvalue weighted by molar-refractivity contribution is -0.140. The first-order valence-corrected chi connectivity index (χ1v) is 16.2. The van der Waals surface area contributed by atoms with Crippen molar-refractivity contribution in [2.75, 3.05) is 17.1 Å². The van der Waals surface area contributed by atoms with Crippen molar-refractivity contribution in [3.05, 3.63) is 97.9 Å². The molecule has 0 aliphatic carbocycles. The minimum absolute atomic E-state index is 0.125. The molecule has 0 spiro atoms. The van der Waals surface area contributed by atoms with Crippen LogP contribution in [-0.4, -0.2) is 50.0 Å². The van der Waals surface area contributed by atoms with Gasteiger partial charge >= 0.3 is 0 Å². The highest BCUT2D eigenvalue weighted by Gasteiger charge is 2.34. The molecular weight excluding hydrogens is 628 g/mol. The molecule has 3 rings (SSSR count). The maximum absolute atomic E-state index is 14.1. The summed E-state index contributed by atoms with van der Waals surface area (Å²) in [5.74, 6) is -1.03. The molecule has 0 fully saturated rings. The molecule has 0 heterocycles. The number of nitrogens with zero attached hydrogens (tertiary/aromatic N) is 2. The van der Waals surface area contributed by atoms with Gasteiger partial charge in [-0.1, -0.05) is 89.7 Å². The number of hydrogen-bond acceptors (Lipinski definition) is 4. The topological polar surface area (TPSA) is 86.8 Å². The average Bonchev–Trinajstić information content (AvgIpc) is 2.92. The summed E-state index contributed by atoms with van der Waals surface area (Å²) >= 11 is 25.2. The van der Waals surface area contributed by atoms with Gasteiger partial charge in [0.15, 0.2) is 0 Å². The molecule has 0 saturated carbocycles. The minimum Gasteiger partial charge on any atom is -0.352 e. The van der Waals surface area contributed by atoms with Crippen LogP contribution in [0.3, 0.4) is 0 Å². The van der Waals surface area contributed by atoms with Gasteiger partial charge in [0, 0.05) is 34.6 Å². The van der Waals surface area contributed by atoms with Crippen LogP contribution in [0, 0.1) is 0 Å². The molecule has 2 unspecified atom stereocenters. The van der Waals surface area contributed by atoms with Gasteiger partial charge in [-0.3, -0.25) is 13.9 Å². The van der Waals surface area contributed by atoms with Gasteiger partial charge in [0.25, 0.3) is 0 Å². The highest BCUT2D eigenvalue weighted by molar-refractivity contribution is 7.92. The predicted octanol–water partition coefficient (Wildman–Crippen LogP) is 6.62. The van der Waals surface area contributed by atoms with Gasteiger partial charge in [-0.15, -0.1) is 0 Å². The Balaban J connectivity index is 2.12. The maximum Gasteiger partial charge on any atom is 0.244 e. The van der Waals surface area contributed by atoms with E-state index in [-0.39, 0.29) is 40.6 Å². The Kier molecular flexibility index (Phi) is 11.8. The van der Waals surface area contributed by atoms with E-state index in [0.29, 0.717) is 22.0 Å². The van der Waals surface area contributed by atoms with Gasteiger partial charge in [0.05, 0.1) is 22.0 Å². The van der Waals surface area contributed by atoms with E-state index in [0.717, 1.165) is 16.1 Å². The Morgan fingerprint density at radius 2 is 1.51 bits per heavy atom. The van der Waals surface area contributed by atoms with Crippen molar-refractivity contribution in [1.29, 1.82) is 0 Å². The van der Waals surface area contributed by atoms with Gasteiger partial charge in [-0.25, -0.2) is 8.42 Å². The summed E-state index contributed by atoms with van der Waals surface area (Å²) in [5, 5.41) is 3.93. The Morgan fingerprint density at radius 3 is 2.07 bits per heavy atom. The number of carbonyl (C=O) groups excluding carboxylic acids is 2. The summed E-state index contributed by atoms with van der Waals surface area (Å²) in [7, 11) is -3.96. The number of nitrogens with one attached hydrogen (secondary N) is 1. The SMILES string of the molecule is CCC(C)NC(=O)C(Cc1ccccc1)N(Cc1c(Cl)cccc1Cl)C(=O)CN(c1ccc(Cl)c(Cl)c1)S(C)(=O)=O. The zero-order chi connectivity index (χ0) is 30.3. The van der Waals surface area contributed by atoms with Crippen LogP contribution in [0.1, 0.15) is 31.4 Å². The number of carbonyl (C=O) groups is 2. The number of benzene rings is 3. The molecule has 0 radical (unpaired) electrons. The third-order valence-corrected chi connectivity index (χ3v) is 9.12. The fraction of sp³-hybridized carbons (Fsp3) is 0.310. The smallest absolute Gasteiger partial charge is 0.244 e. The van der Waals surface area contributed by atoms with E-state index in [1.165, 1.54) is 23.1 Å². The third-order valence-electron chi connectivity index (χ3n) is 6.53. The van der Waals surface area contributed by atoms with Crippen molar-refractivity contribution >= 4 is 73.9 Å². The van der Waals surface area contributed by atoms with Gasteiger partial charge < -0.3 is 10.2 Å². The van der Waals surface area contributed by atoms with Crippen LogP contribution in [0.25, 0.3) is 0 Å². The predicted molar refractivity (Wildman–Crippen MR) is 167 cm³/mol. The van der Waals surface area contributed by atoms with Crippen molar-refractivity contribution in [2.24, 2.45) is 0 Å². The molecule has 12 heteroatoms. The number of amides is 2. The molecule has 41 heavy (non-hydrogen) atoms. The molecule has 0 bridgehead atoms. The first-order valence-electron chi connectivity index (χ1n) is 12.8. The molecule has 0 aliphatic rings. The average molecular weight is 659 g/mol. The van der Waals surface area contributed by atoms with Crippen LogP contribution in [0.15, 0.2) is 66.7 Å². The van der Waals surface area contributed by atoms with Crippen LogP contribution in [0.4, 0.5) is 5.69 Å². The Bertz CT molecular complexity index is 1470. The zero-order valence-electron chi connectivity index (χ0n) is 22.8. The van der Waals surface area contributed by atoms with Crippen LogP contribution in [0.2, 0.25) is 20.1 Å². The second kappa shape index (κ2) is 14.6. The van der Waals surface area contributed by atoms with Crippen LogP contribution in [-0.2, 0) is 32.6 Å². The quantitative estimate of drug-likeness (QED) is 0.237. The summed E-state index contributed by atoms with van der Waals surface area (Å²) in [6.07, 6.45) is 1.82. The highest BCUT2D eigenvalue weighted by atomic mass is 35.5. The second-order valence-electron chi connectivity index (χ2n) is 9.61. The Hall–Kier alpha value is -2.49. The van der Waals surface area contributed by atoms with E-state index in [4.69, 9.17) is 46.4 Å². The van der Waals surface area contributed by atoms with E-state index in [2.05, 4.69) is 5.32 Å². The molecule has 0 aromatic heterocycles. The van der Waals surface area contributed by atoms with Crippen molar-refractivity contribution in [3.63, 3.8) is 0 Å². The van der Waals surface area contributed by atoms with E-state index >= 15 is 0 Å². The third kappa shape index (κ3) is 9.00. The number of sulfonamides is 1. The molecule has 3 aromatic rings. The Labute approximate surface area is 261 Å². The lowest BCUT2D eigenvalue weighted by Crippen LogP contribution is -2.54. The molecule has 7 nitrogen and oxygen atoms in total. The molecule has 1 N–H and O–H groups in total. The molecule has 0 saturated heterocycles. The van der Waals surface area contributed by atoms with Crippen molar-refractivity contribution < 1.29 is 18.0 Å². The van der Waals surface area contributed by atoms with E-state index < -0.39 is 28.5 Å². The summed E-state index contributed by atoms with van der Waals surface area (Å²) in [6, 6.07) is 17.3. The number of anilines is 1. The van der Waals surface area contributed by atoms with E-state index in [9.17, 15) is 18.0 Å². The summed E-state index contributed by atoms with van der Waals surface area (Å²) in [4.78, 5) is 29.2. The first-order chi connectivity index (χ1) is 19.3. The van der Waals surface area contributed by atoms with Crippen LogP contribution >= 0.6 is 46.4 Å². The first kappa shape index (κ1) is 33.0. The van der Waals surface area contributed by atoms with Crippen LogP contribution < -0.4 is 9.62 Å². The number of hydrogen-bond donors (Lipinski definition) is 1. The van der Waals surface area contributed by atoms with Crippen LogP contribution in [0.5, 0.6) is 0 Å². The molecule has 220 valence electrons. The zero-order valence-corrected chi connectivity index (χ0v) is 26.6. The molecule has 2 atom stereocenters. The maximum atomic E-state index is 14.1. The number of halogens is 4. The Morgan fingerprint density at radius 1 is 0.878 bits per heavy atom. The molecule has 2 amide bonds.